The molecule has 0 atom stereocenters. The number of H-pyrrole nitrogens is 1. The number of aromatic amines is 1. The van der Waals surface area contributed by atoms with Crippen molar-refractivity contribution in [3.05, 3.63) is 42.7 Å². The summed E-state index contributed by atoms with van der Waals surface area (Å²) >= 11 is 0. The van der Waals surface area contributed by atoms with Crippen LogP contribution in [0.3, 0.4) is 0 Å². The Morgan fingerprint density at radius 1 is 1.23 bits per heavy atom. The summed E-state index contributed by atoms with van der Waals surface area (Å²) in [6.07, 6.45) is 4.88. The van der Waals surface area contributed by atoms with Crippen LogP contribution in [0.15, 0.2) is 42.7 Å². The Bertz CT molecular complexity index is 1330. The lowest BCUT2D eigenvalue weighted by Gasteiger charge is -2.42. The molecule has 3 N–H and O–H groups in total. The Morgan fingerprint density at radius 3 is 2.83 bits per heavy atom. The number of nitrogens with two attached hydrogens (primary N) is 1. The second-order valence-corrected chi connectivity index (χ2v) is 7.62. The molecule has 9 heteroatoms. The van der Waals surface area contributed by atoms with Gasteiger partial charge in [0.15, 0.2) is 0 Å². The van der Waals surface area contributed by atoms with Gasteiger partial charge in [-0.2, -0.15) is 30.6 Å². The van der Waals surface area contributed by atoms with Crippen LogP contribution in [0.25, 0.3) is 33.4 Å². The van der Waals surface area contributed by atoms with Gasteiger partial charge in [-0.05, 0) is 31.0 Å². The fraction of sp³-hybridized carbons (Fsp3) is 0.238. The van der Waals surface area contributed by atoms with E-state index in [1.807, 2.05) is 24.3 Å². The lowest BCUT2D eigenvalue weighted by molar-refractivity contribution is 0.0713. The molecular weight excluding hydrogens is 378 g/mol. The second kappa shape index (κ2) is 6.68. The van der Waals surface area contributed by atoms with Gasteiger partial charge in [0.2, 0.25) is 0 Å². The van der Waals surface area contributed by atoms with E-state index in [1.54, 1.807) is 23.3 Å². The molecule has 0 amide bonds. The number of hydrogen-bond donors (Lipinski definition) is 2. The van der Waals surface area contributed by atoms with Crippen molar-refractivity contribution >= 4 is 16.7 Å². The van der Waals surface area contributed by atoms with Gasteiger partial charge in [-0.1, -0.05) is 6.07 Å². The largest absolute Gasteiger partial charge is 0.384 e. The highest BCUT2D eigenvalue weighted by Crippen LogP contribution is 2.45. The fourth-order valence-corrected chi connectivity index (χ4v) is 4.12. The summed E-state index contributed by atoms with van der Waals surface area (Å²) in [6.45, 7) is 0. The number of pyridine rings is 1. The Labute approximate surface area is 171 Å². The minimum atomic E-state index is -0.518. The van der Waals surface area contributed by atoms with Gasteiger partial charge in [0.05, 0.1) is 47.4 Å². The van der Waals surface area contributed by atoms with Gasteiger partial charge in [-0.3, -0.25) is 10.1 Å². The zero-order valence-corrected chi connectivity index (χ0v) is 15.9. The molecule has 1 fully saturated rings. The number of fused-ring (bicyclic) bond motifs is 1. The molecule has 9 nitrogen and oxygen atoms in total. The van der Waals surface area contributed by atoms with E-state index in [9.17, 15) is 5.26 Å². The topological polar surface area (TPSA) is 146 Å². The minimum absolute atomic E-state index is 0.0636. The van der Waals surface area contributed by atoms with Crippen LogP contribution in [-0.4, -0.2) is 30.2 Å². The molecule has 1 saturated carbocycles. The fourth-order valence-electron chi connectivity index (χ4n) is 4.12. The van der Waals surface area contributed by atoms with E-state index < -0.39 is 5.54 Å². The first-order valence-electron chi connectivity index (χ1n) is 9.52. The molecule has 0 saturated heterocycles. The highest BCUT2D eigenvalue weighted by molar-refractivity contribution is 5.96. The first-order chi connectivity index (χ1) is 14.6. The molecule has 30 heavy (non-hydrogen) atoms. The van der Waals surface area contributed by atoms with Crippen LogP contribution in [0.4, 0.5) is 5.82 Å². The monoisotopic (exact) mass is 395 g/mol. The average molecular weight is 395 g/mol. The number of rotatable bonds is 4. The molecule has 0 unspecified atom stereocenters. The normalized spacial score (nSPS) is 20.4. The summed E-state index contributed by atoms with van der Waals surface area (Å²) in [7, 11) is 0. The molecule has 1 aromatic carbocycles. The van der Waals surface area contributed by atoms with Crippen molar-refractivity contribution < 1.29 is 0 Å². The van der Waals surface area contributed by atoms with E-state index in [2.05, 4.69) is 32.4 Å². The number of nitrogens with zero attached hydrogens (tertiary/aromatic N) is 7. The average Bonchev–Trinajstić information content (AvgIpc) is 3.39. The van der Waals surface area contributed by atoms with Gasteiger partial charge in [0.25, 0.3) is 0 Å². The van der Waals surface area contributed by atoms with Gasteiger partial charge in [-0.25, -0.2) is 0 Å². The maximum absolute atomic E-state index is 9.29. The predicted octanol–water partition coefficient (Wildman–Crippen LogP) is 3.01. The number of nitrogen functional groups attached to an aromatic ring is 1. The van der Waals surface area contributed by atoms with E-state index in [-0.39, 0.29) is 12.3 Å². The number of nitrogens with one attached hydrogen (secondary N) is 1. The van der Waals surface area contributed by atoms with Crippen LogP contribution in [0.5, 0.6) is 0 Å². The van der Waals surface area contributed by atoms with E-state index in [4.69, 9.17) is 16.1 Å². The van der Waals surface area contributed by atoms with Crippen LogP contribution >= 0.6 is 0 Å². The summed E-state index contributed by atoms with van der Waals surface area (Å²) < 4.78 is 0. The molecule has 5 rings (SSSR count). The second-order valence-electron chi connectivity index (χ2n) is 7.62. The van der Waals surface area contributed by atoms with E-state index in [1.165, 1.54) is 0 Å². The van der Waals surface area contributed by atoms with Gasteiger partial charge in [0.1, 0.15) is 11.5 Å². The third-order valence-corrected chi connectivity index (χ3v) is 5.65. The van der Waals surface area contributed by atoms with E-state index >= 15 is 0 Å². The molecule has 1 aliphatic rings. The van der Waals surface area contributed by atoms with Crippen molar-refractivity contribution in [1.82, 2.24) is 30.2 Å². The standard InChI is InChI=1S/C21H17N9/c22-4-3-21(9-13(10-21)11-23)30-26-12-19(29-30)16-6-14(17-8-20(24)28-27-17)7-18-15(16)2-1-5-25-18/h1-2,5-8,12-13H,3,9-10H2,(H3,24,27,28)/t13-,21+. The summed E-state index contributed by atoms with van der Waals surface area (Å²) in [5.41, 5.74) is 9.20. The number of anilines is 1. The number of aromatic nitrogens is 6. The Kier molecular flexibility index (Phi) is 3.97. The summed E-state index contributed by atoms with van der Waals surface area (Å²) in [4.78, 5) is 6.10. The molecule has 3 heterocycles. The highest BCUT2D eigenvalue weighted by atomic mass is 15.5. The maximum Gasteiger partial charge on any atom is 0.119 e. The molecule has 146 valence electrons. The minimum Gasteiger partial charge on any atom is -0.384 e. The van der Waals surface area contributed by atoms with Crippen LogP contribution in [0.2, 0.25) is 0 Å². The Morgan fingerprint density at radius 2 is 2.10 bits per heavy atom. The molecule has 1 aliphatic carbocycles. The van der Waals surface area contributed by atoms with Crippen molar-refractivity contribution in [3.8, 4) is 34.7 Å². The quantitative estimate of drug-likeness (QED) is 0.540. The Hall–Kier alpha value is -4.24. The van der Waals surface area contributed by atoms with Crippen LogP contribution in [-0.2, 0) is 5.54 Å². The predicted molar refractivity (Wildman–Crippen MR) is 109 cm³/mol. The molecule has 3 aromatic heterocycles. The molecule has 0 aliphatic heterocycles. The first kappa shape index (κ1) is 17.8. The highest BCUT2D eigenvalue weighted by Gasteiger charge is 2.48. The summed E-state index contributed by atoms with van der Waals surface area (Å²) in [5, 5.41) is 35.6. The zero-order valence-electron chi connectivity index (χ0n) is 15.9. The van der Waals surface area contributed by atoms with Gasteiger partial charge < -0.3 is 5.73 Å². The van der Waals surface area contributed by atoms with Gasteiger partial charge >= 0.3 is 0 Å². The van der Waals surface area contributed by atoms with Crippen molar-refractivity contribution in [2.24, 2.45) is 5.92 Å². The molecule has 4 aromatic rings. The van der Waals surface area contributed by atoms with Crippen LogP contribution in [0, 0.1) is 28.6 Å². The van der Waals surface area contributed by atoms with Crippen molar-refractivity contribution in [3.63, 3.8) is 0 Å². The maximum atomic E-state index is 9.29. The molecular formula is C21H17N9. The number of nitriles is 2. The third-order valence-electron chi connectivity index (χ3n) is 5.65. The SMILES string of the molecule is N#CC[C@]1(n2ncc(-c3cc(-c4cc(N)[nH]n4)cc4ncccc34)n2)C[C@@H](C#N)C1. The Balaban J connectivity index is 1.62. The van der Waals surface area contributed by atoms with E-state index in [0.717, 1.165) is 22.0 Å². The smallest absolute Gasteiger partial charge is 0.119 e. The molecule has 0 spiro atoms. The summed E-state index contributed by atoms with van der Waals surface area (Å²) in [5.74, 6) is 0.417. The lowest BCUT2D eigenvalue weighted by Crippen LogP contribution is -2.47. The van der Waals surface area contributed by atoms with E-state index in [0.29, 0.717) is 30.0 Å². The van der Waals surface area contributed by atoms with Crippen molar-refractivity contribution in [2.45, 2.75) is 24.8 Å². The lowest BCUT2D eigenvalue weighted by atomic mass is 9.68. The summed E-state index contributed by atoms with van der Waals surface area (Å²) in [6, 6.07) is 14.1. The number of hydrogen-bond acceptors (Lipinski definition) is 7. The number of benzene rings is 1. The molecule has 0 bridgehead atoms. The van der Waals surface area contributed by atoms with Gasteiger partial charge in [-0.15, -0.1) is 0 Å². The van der Waals surface area contributed by atoms with Crippen LogP contribution in [0.1, 0.15) is 19.3 Å². The first-order valence-corrected chi connectivity index (χ1v) is 9.52. The zero-order chi connectivity index (χ0) is 20.7. The van der Waals surface area contributed by atoms with Crippen molar-refractivity contribution in [2.75, 3.05) is 5.73 Å². The third kappa shape index (κ3) is 2.76. The van der Waals surface area contributed by atoms with Crippen LogP contribution < -0.4 is 5.73 Å². The van der Waals surface area contributed by atoms with Crippen molar-refractivity contribution in [1.29, 1.82) is 10.5 Å². The molecule has 0 radical (unpaired) electrons. The van der Waals surface area contributed by atoms with Gasteiger partial charge in [0, 0.05) is 28.8 Å².